The van der Waals surface area contributed by atoms with Crippen molar-refractivity contribution < 1.29 is 9.15 Å². The van der Waals surface area contributed by atoms with Crippen molar-refractivity contribution in [1.29, 1.82) is 5.26 Å². The Hall–Kier alpha value is -3.53. The monoisotopic (exact) mass is 388 g/mol. The Kier molecular flexibility index (Phi) is 4.13. The van der Waals surface area contributed by atoms with Crippen LogP contribution < -0.4 is 15.2 Å². The molecule has 146 valence electrons. The standard InChI is InChI=1S/C22H20N4O3/c1-28-17-7-5-15(6-8-17)21-24-18(10-23)22(29-21)25-11-14-9-16(13-25)19-3-2-4-20(27)26(19)12-14/h2-8,14,16H,9,11-13H2,1H3/t14-,16-/m0/s1. The molecule has 2 bridgehead atoms. The Morgan fingerprint density at radius 1 is 1.17 bits per heavy atom. The van der Waals surface area contributed by atoms with Crippen molar-refractivity contribution in [3.8, 4) is 23.3 Å². The van der Waals surface area contributed by atoms with Gasteiger partial charge in [0.25, 0.3) is 5.56 Å². The molecule has 3 aromatic rings. The molecular weight excluding hydrogens is 368 g/mol. The Morgan fingerprint density at radius 3 is 2.76 bits per heavy atom. The molecule has 1 aromatic carbocycles. The Labute approximate surface area is 167 Å². The smallest absolute Gasteiger partial charge is 0.250 e. The first-order valence-electron chi connectivity index (χ1n) is 9.66. The highest BCUT2D eigenvalue weighted by molar-refractivity contribution is 5.60. The highest BCUT2D eigenvalue weighted by Gasteiger charge is 2.36. The van der Waals surface area contributed by atoms with Crippen LogP contribution in [-0.4, -0.2) is 29.8 Å². The zero-order chi connectivity index (χ0) is 20.0. The minimum Gasteiger partial charge on any atom is -0.497 e. The second kappa shape index (κ2) is 6.82. The predicted molar refractivity (Wildman–Crippen MR) is 107 cm³/mol. The maximum atomic E-state index is 12.2. The lowest BCUT2D eigenvalue weighted by Crippen LogP contribution is -2.47. The van der Waals surface area contributed by atoms with Crippen LogP contribution in [-0.2, 0) is 6.54 Å². The first kappa shape index (κ1) is 17.6. The maximum Gasteiger partial charge on any atom is 0.250 e. The molecule has 2 aliphatic heterocycles. The summed E-state index contributed by atoms with van der Waals surface area (Å²) in [5.41, 5.74) is 2.21. The number of methoxy groups -OCH3 is 1. The van der Waals surface area contributed by atoms with Gasteiger partial charge >= 0.3 is 0 Å². The summed E-state index contributed by atoms with van der Waals surface area (Å²) in [4.78, 5) is 18.7. The van der Waals surface area contributed by atoms with E-state index in [2.05, 4.69) is 16.0 Å². The summed E-state index contributed by atoms with van der Waals surface area (Å²) < 4.78 is 13.2. The van der Waals surface area contributed by atoms with Crippen molar-refractivity contribution in [2.24, 2.45) is 5.92 Å². The largest absolute Gasteiger partial charge is 0.497 e. The fraction of sp³-hybridized carbons (Fsp3) is 0.318. The molecule has 7 nitrogen and oxygen atoms in total. The number of aromatic nitrogens is 2. The molecule has 0 N–H and O–H groups in total. The molecular formula is C22H20N4O3. The van der Waals surface area contributed by atoms with Crippen molar-refractivity contribution in [3.05, 3.63) is 64.2 Å². The number of oxazole rings is 1. The Bertz CT molecular complexity index is 1160. The summed E-state index contributed by atoms with van der Waals surface area (Å²) in [6, 6.07) is 15.0. The molecule has 0 radical (unpaired) electrons. The fourth-order valence-corrected chi connectivity index (χ4v) is 4.52. The van der Waals surface area contributed by atoms with Gasteiger partial charge in [0.15, 0.2) is 0 Å². The number of benzene rings is 1. The van der Waals surface area contributed by atoms with Gasteiger partial charge in [-0.2, -0.15) is 10.2 Å². The number of hydrogen-bond acceptors (Lipinski definition) is 6. The van der Waals surface area contributed by atoms with E-state index in [9.17, 15) is 10.1 Å². The van der Waals surface area contributed by atoms with Crippen molar-refractivity contribution in [2.45, 2.75) is 18.9 Å². The van der Waals surface area contributed by atoms with Gasteiger partial charge in [-0.3, -0.25) is 4.79 Å². The minimum atomic E-state index is 0.0600. The number of piperidine rings is 1. The van der Waals surface area contributed by atoms with Crippen molar-refractivity contribution in [3.63, 3.8) is 0 Å². The second-order valence-electron chi connectivity index (χ2n) is 7.62. The third-order valence-electron chi connectivity index (χ3n) is 5.82. The van der Waals surface area contributed by atoms with Gasteiger partial charge in [-0.25, -0.2) is 0 Å². The zero-order valence-electron chi connectivity index (χ0n) is 16.0. The summed E-state index contributed by atoms with van der Waals surface area (Å²) in [5.74, 6) is 2.25. The molecule has 1 fully saturated rings. The van der Waals surface area contributed by atoms with E-state index in [1.54, 1.807) is 13.2 Å². The molecule has 29 heavy (non-hydrogen) atoms. The van der Waals surface area contributed by atoms with Gasteiger partial charge in [0.2, 0.25) is 17.5 Å². The maximum absolute atomic E-state index is 12.2. The van der Waals surface area contributed by atoms with Crippen LogP contribution >= 0.6 is 0 Å². The van der Waals surface area contributed by atoms with Crippen molar-refractivity contribution in [1.82, 2.24) is 9.55 Å². The van der Waals surface area contributed by atoms with E-state index < -0.39 is 0 Å². The lowest BCUT2D eigenvalue weighted by atomic mass is 9.83. The van der Waals surface area contributed by atoms with Crippen LogP contribution in [0.15, 0.2) is 51.7 Å². The van der Waals surface area contributed by atoms with Crippen molar-refractivity contribution >= 4 is 5.88 Å². The summed E-state index contributed by atoms with van der Waals surface area (Å²) in [5, 5.41) is 9.62. The molecule has 4 heterocycles. The van der Waals surface area contributed by atoms with Crippen LogP contribution in [0.1, 0.15) is 23.7 Å². The molecule has 2 aromatic heterocycles. The molecule has 2 atom stereocenters. The van der Waals surface area contributed by atoms with Crippen molar-refractivity contribution in [2.75, 3.05) is 25.1 Å². The molecule has 0 spiro atoms. The Balaban J connectivity index is 1.48. The lowest BCUT2D eigenvalue weighted by Gasteiger charge is -2.42. The van der Waals surface area contributed by atoms with Crippen LogP contribution in [0.4, 0.5) is 5.88 Å². The number of anilines is 1. The number of rotatable bonds is 3. The van der Waals surface area contributed by atoms with E-state index in [1.165, 1.54) is 0 Å². The SMILES string of the molecule is COc1ccc(-c2nc(C#N)c(N3C[C@@H]4C[C@@H](C3)c3cccc(=O)n3C4)o2)cc1. The average molecular weight is 388 g/mol. The highest BCUT2D eigenvalue weighted by atomic mass is 16.5. The summed E-state index contributed by atoms with van der Waals surface area (Å²) in [6.07, 6.45) is 1.04. The normalized spacial score (nSPS) is 20.1. The van der Waals surface area contributed by atoms with Gasteiger partial charge in [0.1, 0.15) is 11.8 Å². The molecule has 0 saturated carbocycles. The van der Waals surface area contributed by atoms with E-state index in [-0.39, 0.29) is 11.5 Å². The minimum absolute atomic E-state index is 0.0600. The summed E-state index contributed by atoms with van der Waals surface area (Å²) in [6.45, 7) is 2.14. The van der Waals surface area contributed by atoms with Gasteiger partial charge in [0.05, 0.1) is 7.11 Å². The number of pyridine rings is 1. The lowest BCUT2D eigenvalue weighted by molar-refractivity contribution is 0.275. The van der Waals surface area contributed by atoms with Gasteiger partial charge in [0, 0.05) is 42.9 Å². The number of fused-ring (bicyclic) bond motifs is 4. The number of ether oxygens (including phenoxy) is 1. The molecule has 5 rings (SSSR count). The van der Waals surface area contributed by atoms with E-state index in [4.69, 9.17) is 9.15 Å². The molecule has 7 heteroatoms. The topological polar surface area (TPSA) is 84.3 Å². The first-order chi connectivity index (χ1) is 14.2. The van der Waals surface area contributed by atoms with Crippen LogP contribution in [0, 0.1) is 17.2 Å². The third kappa shape index (κ3) is 2.97. The van der Waals surface area contributed by atoms with Crippen LogP contribution in [0.3, 0.4) is 0 Å². The van der Waals surface area contributed by atoms with Gasteiger partial charge in [-0.15, -0.1) is 0 Å². The number of hydrogen-bond donors (Lipinski definition) is 0. The highest BCUT2D eigenvalue weighted by Crippen LogP contribution is 2.39. The zero-order valence-corrected chi connectivity index (χ0v) is 16.0. The Morgan fingerprint density at radius 2 is 2.00 bits per heavy atom. The average Bonchev–Trinajstić information content (AvgIpc) is 3.19. The molecule has 0 unspecified atom stereocenters. The predicted octanol–water partition coefficient (Wildman–Crippen LogP) is 3.01. The molecule has 0 amide bonds. The molecule has 0 aliphatic carbocycles. The number of nitrogens with zero attached hydrogens (tertiary/aromatic N) is 4. The molecule has 2 aliphatic rings. The van der Waals surface area contributed by atoms with Crippen LogP contribution in [0.25, 0.3) is 11.5 Å². The van der Waals surface area contributed by atoms with E-state index in [0.29, 0.717) is 36.5 Å². The third-order valence-corrected chi connectivity index (χ3v) is 5.82. The number of nitriles is 1. The van der Waals surface area contributed by atoms with Gasteiger partial charge in [-0.1, -0.05) is 6.07 Å². The van der Waals surface area contributed by atoms with Crippen LogP contribution in [0.5, 0.6) is 5.75 Å². The van der Waals surface area contributed by atoms with Crippen LogP contribution in [0.2, 0.25) is 0 Å². The van der Waals surface area contributed by atoms with E-state index in [1.807, 2.05) is 41.0 Å². The van der Waals surface area contributed by atoms with E-state index in [0.717, 1.165) is 30.0 Å². The second-order valence-corrected chi connectivity index (χ2v) is 7.62. The first-order valence-corrected chi connectivity index (χ1v) is 9.66. The quantitative estimate of drug-likeness (QED) is 0.686. The van der Waals surface area contributed by atoms with E-state index >= 15 is 0 Å². The summed E-state index contributed by atoms with van der Waals surface area (Å²) >= 11 is 0. The molecule has 1 saturated heterocycles. The fourth-order valence-electron chi connectivity index (χ4n) is 4.52. The van der Waals surface area contributed by atoms with Gasteiger partial charge < -0.3 is 18.6 Å². The van der Waals surface area contributed by atoms with Gasteiger partial charge in [-0.05, 0) is 42.7 Å². The summed E-state index contributed by atoms with van der Waals surface area (Å²) in [7, 11) is 1.62.